The lowest BCUT2D eigenvalue weighted by Crippen LogP contribution is -2.29. The Morgan fingerprint density at radius 3 is 2.65 bits per heavy atom. The van der Waals surface area contributed by atoms with Crippen LogP contribution in [-0.2, 0) is 6.42 Å². The molecule has 1 aromatic heterocycles. The summed E-state index contributed by atoms with van der Waals surface area (Å²) in [5, 5.41) is 13.4. The maximum Gasteiger partial charge on any atom is 0.253 e. The number of hydrogen-bond donors (Lipinski definition) is 1. The topological polar surface area (TPSA) is 79.5 Å². The highest BCUT2D eigenvalue weighted by Crippen LogP contribution is 2.32. The molecular formula is C17H21N3O3. The molecule has 6 nitrogen and oxygen atoms in total. The highest BCUT2D eigenvalue weighted by molar-refractivity contribution is 5.94. The van der Waals surface area contributed by atoms with Crippen LogP contribution in [0.3, 0.4) is 0 Å². The molecule has 1 amide bonds. The Labute approximate surface area is 135 Å². The number of benzene rings is 1. The zero-order valence-corrected chi connectivity index (χ0v) is 13.4. The van der Waals surface area contributed by atoms with E-state index >= 15 is 0 Å². The minimum absolute atomic E-state index is 0.00928. The fraction of sp³-hybridized carbons (Fsp3) is 0.471. The van der Waals surface area contributed by atoms with E-state index in [0.717, 1.165) is 6.42 Å². The predicted octanol–water partition coefficient (Wildman–Crippen LogP) is 1.79. The lowest BCUT2D eigenvalue weighted by Gasteiger charge is -2.16. The van der Waals surface area contributed by atoms with Crippen molar-refractivity contribution < 1.29 is 14.4 Å². The van der Waals surface area contributed by atoms with E-state index in [2.05, 4.69) is 17.1 Å². The Morgan fingerprint density at radius 2 is 2.09 bits per heavy atom. The molecule has 6 heteroatoms. The van der Waals surface area contributed by atoms with Crippen molar-refractivity contribution in [2.45, 2.75) is 26.2 Å². The Morgan fingerprint density at radius 1 is 1.35 bits per heavy atom. The van der Waals surface area contributed by atoms with Crippen LogP contribution in [0.2, 0.25) is 0 Å². The van der Waals surface area contributed by atoms with Crippen LogP contribution in [-0.4, -0.2) is 45.8 Å². The van der Waals surface area contributed by atoms with Gasteiger partial charge in [-0.2, -0.15) is 4.98 Å². The summed E-state index contributed by atoms with van der Waals surface area (Å²) in [6.45, 7) is 4.82. The molecule has 122 valence electrons. The lowest BCUT2D eigenvalue weighted by atomic mass is 9.97. The van der Waals surface area contributed by atoms with Gasteiger partial charge in [0.05, 0.1) is 5.92 Å². The van der Waals surface area contributed by atoms with Crippen molar-refractivity contribution in [1.82, 2.24) is 15.0 Å². The summed E-state index contributed by atoms with van der Waals surface area (Å²) in [6, 6.07) is 7.68. The van der Waals surface area contributed by atoms with E-state index in [4.69, 9.17) is 4.52 Å². The Kier molecular flexibility index (Phi) is 4.43. The monoisotopic (exact) mass is 315 g/mol. The molecule has 0 bridgehead atoms. The maximum atomic E-state index is 12.7. The van der Waals surface area contributed by atoms with Crippen molar-refractivity contribution in [1.29, 1.82) is 0 Å². The molecule has 1 aromatic carbocycles. The lowest BCUT2D eigenvalue weighted by molar-refractivity contribution is 0.0781. The number of amides is 1. The van der Waals surface area contributed by atoms with Gasteiger partial charge >= 0.3 is 0 Å². The van der Waals surface area contributed by atoms with Crippen LogP contribution in [0.1, 0.15) is 40.5 Å². The minimum atomic E-state index is -0.111. The largest absolute Gasteiger partial charge is 0.396 e. The molecule has 0 radical (unpaired) electrons. The number of aliphatic hydroxyl groups excluding tert-OH is 1. The van der Waals surface area contributed by atoms with Crippen molar-refractivity contribution in [3.8, 4) is 0 Å². The molecule has 2 atom stereocenters. The van der Waals surface area contributed by atoms with E-state index in [-0.39, 0.29) is 24.3 Å². The van der Waals surface area contributed by atoms with E-state index < -0.39 is 0 Å². The minimum Gasteiger partial charge on any atom is -0.396 e. The van der Waals surface area contributed by atoms with Gasteiger partial charge in [0.2, 0.25) is 5.89 Å². The third kappa shape index (κ3) is 3.12. The second-order valence-corrected chi connectivity index (χ2v) is 5.99. The van der Waals surface area contributed by atoms with E-state index in [1.165, 1.54) is 5.56 Å². The maximum absolute atomic E-state index is 12.7. The zero-order chi connectivity index (χ0) is 16.4. The number of likely N-dealkylation sites (tertiary alicyclic amines) is 1. The number of aromatic nitrogens is 2. The number of nitrogens with zero attached hydrogens (tertiary/aromatic N) is 3. The Hall–Kier alpha value is -2.21. The van der Waals surface area contributed by atoms with Gasteiger partial charge in [0.15, 0.2) is 5.82 Å². The van der Waals surface area contributed by atoms with Crippen molar-refractivity contribution in [3.63, 3.8) is 0 Å². The van der Waals surface area contributed by atoms with Gasteiger partial charge < -0.3 is 14.5 Å². The third-order valence-corrected chi connectivity index (χ3v) is 4.43. The second-order valence-electron chi connectivity index (χ2n) is 5.99. The molecule has 1 aliphatic rings. The van der Waals surface area contributed by atoms with Gasteiger partial charge in [-0.05, 0) is 31.0 Å². The average molecular weight is 315 g/mol. The summed E-state index contributed by atoms with van der Waals surface area (Å²) in [5.74, 6) is 0.855. The number of hydrogen-bond acceptors (Lipinski definition) is 5. The van der Waals surface area contributed by atoms with Crippen LogP contribution in [0.5, 0.6) is 0 Å². The first-order valence-corrected chi connectivity index (χ1v) is 7.91. The molecule has 0 aliphatic carbocycles. The van der Waals surface area contributed by atoms with E-state index in [9.17, 15) is 9.90 Å². The van der Waals surface area contributed by atoms with Gasteiger partial charge in [-0.25, -0.2) is 0 Å². The Bertz CT molecular complexity index is 681. The van der Waals surface area contributed by atoms with Gasteiger partial charge in [-0.15, -0.1) is 0 Å². The van der Waals surface area contributed by atoms with Crippen LogP contribution in [0.25, 0.3) is 0 Å². The van der Waals surface area contributed by atoms with Gasteiger partial charge in [0.1, 0.15) is 0 Å². The molecule has 1 fully saturated rings. The molecule has 2 aromatic rings. The summed E-state index contributed by atoms with van der Waals surface area (Å²) in [6.07, 6.45) is 0.948. The third-order valence-electron chi connectivity index (χ3n) is 4.43. The summed E-state index contributed by atoms with van der Waals surface area (Å²) < 4.78 is 5.23. The quantitative estimate of drug-likeness (QED) is 0.930. The highest BCUT2D eigenvalue weighted by atomic mass is 16.5. The normalized spacial score (nSPS) is 20.9. The first kappa shape index (κ1) is 15.7. The summed E-state index contributed by atoms with van der Waals surface area (Å²) in [7, 11) is 0. The van der Waals surface area contributed by atoms with Gasteiger partial charge in [0.25, 0.3) is 5.91 Å². The van der Waals surface area contributed by atoms with Crippen LogP contribution in [0.15, 0.2) is 28.8 Å². The molecule has 3 rings (SSSR count). The predicted molar refractivity (Wildman–Crippen MR) is 84.1 cm³/mol. The SMILES string of the molecule is CCc1ccc(C(=O)N2C[C@@H](CO)[C@H](c3nc(C)no3)C2)cc1. The van der Waals surface area contributed by atoms with Crippen LogP contribution >= 0.6 is 0 Å². The number of aliphatic hydroxyl groups is 1. The summed E-state index contributed by atoms with van der Waals surface area (Å²) >= 11 is 0. The number of rotatable bonds is 4. The van der Waals surface area contributed by atoms with E-state index in [1.807, 2.05) is 24.3 Å². The van der Waals surface area contributed by atoms with Crippen molar-refractivity contribution in [3.05, 3.63) is 47.1 Å². The van der Waals surface area contributed by atoms with E-state index in [1.54, 1.807) is 11.8 Å². The molecule has 1 N–H and O–H groups in total. The fourth-order valence-corrected chi connectivity index (χ4v) is 3.03. The van der Waals surface area contributed by atoms with Gasteiger partial charge in [-0.1, -0.05) is 24.2 Å². The standard InChI is InChI=1S/C17H21N3O3/c1-3-12-4-6-13(7-5-12)17(22)20-8-14(10-21)15(9-20)16-18-11(2)19-23-16/h4-7,14-15,21H,3,8-10H2,1-2H3/t14-,15+/m0/s1. The average Bonchev–Trinajstić information content (AvgIpc) is 3.20. The van der Waals surface area contributed by atoms with Crippen LogP contribution in [0, 0.1) is 12.8 Å². The van der Waals surface area contributed by atoms with Crippen molar-refractivity contribution >= 4 is 5.91 Å². The molecule has 1 aliphatic heterocycles. The van der Waals surface area contributed by atoms with Crippen molar-refractivity contribution in [2.75, 3.05) is 19.7 Å². The van der Waals surface area contributed by atoms with E-state index in [0.29, 0.717) is 30.4 Å². The van der Waals surface area contributed by atoms with Gasteiger partial charge in [0, 0.05) is 31.2 Å². The molecule has 0 spiro atoms. The molecule has 1 saturated heterocycles. The fourth-order valence-electron chi connectivity index (χ4n) is 3.03. The zero-order valence-electron chi connectivity index (χ0n) is 13.4. The summed E-state index contributed by atoms with van der Waals surface area (Å²) in [5.41, 5.74) is 1.87. The van der Waals surface area contributed by atoms with Gasteiger partial charge in [-0.3, -0.25) is 4.79 Å². The molecule has 0 saturated carbocycles. The molecule has 23 heavy (non-hydrogen) atoms. The number of aryl methyl sites for hydroxylation is 2. The molecular weight excluding hydrogens is 294 g/mol. The second kappa shape index (κ2) is 6.50. The Balaban J connectivity index is 1.76. The first-order chi connectivity index (χ1) is 11.1. The van der Waals surface area contributed by atoms with Crippen LogP contribution in [0.4, 0.5) is 0 Å². The van der Waals surface area contributed by atoms with Crippen molar-refractivity contribution in [2.24, 2.45) is 5.92 Å². The number of carbonyl (C=O) groups excluding carboxylic acids is 1. The molecule has 2 heterocycles. The highest BCUT2D eigenvalue weighted by Gasteiger charge is 2.39. The number of carbonyl (C=O) groups is 1. The summed E-state index contributed by atoms with van der Waals surface area (Å²) in [4.78, 5) is 18.7. The van der Waals surface area contributed by atoms with Crippen LogP contribution < -0.4 is 0 Å². The smallest absolute Gasteiger partial charge is 0.253 e. The molecule has 0 unspecified atom stereocenters. The first-order valence-electron chi connectivity index (χ1n) is 7.91.